The molecule has 12 heavy (non-hydrogen) atoms. The van der Waals surface area contributed by atoms with Gasteiger partial charge in [-0.05, 0) is 0 Å². The summed E-state index contributed by atoms with van der Waals surface area (Å²) >= 11 is 0. The average molecular weight is 170 g/mol. The highest BCUT2D eigenvalue weighted by molar-refractivity contribution is 5.21. The summed E-state index contributed by atoms with van der Waals surface area (Å²) in [5.41, 5.74) is 10.7. The van der Waals surface area contributed by atoms with Crippen LogP contribution in [-0.2, 0) is 5.41 Å². The van der Waals surface area contributed by atoms with E-state index in [1.165, 1.54) is 4.68 Å². The van der Waals surface area contributed by atoms with Crippen LogP contribution in [0.5, 0.6) is 0 Å². The van der Waals surface area contributed by atoms with E-state index in [1.807, 2.05) is 13.8 Å². The Bertz CT molecular complexity index is 276. The van der Waals surface area contributed by atoms with Gasteiger partial charge in [-0.1, -0.05) is 13.8 Å². The molecule has 0 atom stereocenters. The molecule has 0 fully saturated rings. The van der Waals surface area contributed by atoms with Crippen molar-refractivity contribution in [3.63, 3.8) is 0 Å². The molecule has 0 aliphatic carbocycles. The van der Waals surface area contributed by atoms with Crippen molar-refractivity contribution in [2.24, 2.45) is 5.73 Å². The van der Waals surface area contributed by atoms with Crippen molar-refractivity contribution in [1.29, 1.82) is 0 Å². The highest BCUT2D eigenvalue weighted by Crippen LogP contribution is 2.18. The van der Waals surface area contributed by atoms with Crippen molar-refractivity contribution in [3.8, 4) is 0 Å². The van der Waals surface area contributed by atoms with Crippen LogP contribution in [0.4, 0.5) is 5.95 Å². The maximum atomic E-state index is 5.58. The minimum Gasteiger partial charge on any atom is -0.366 e. The molecule has 0 unspecified atom stereocenters. The summed E-state index contributed by atoms with van der Waals surface area (Å²) in [6.45, 7) is 4.31. The fourth-order valence-corrected chi connectivity index (χ4v) is 0.856. The molecule has 6 nitrogen and oxygen atoms in total. The van der Waals surface area contributed by atoms with E-state index in [2.05, 4.69) is 10.2 Å². The molecule has 1 rings (SSSR count). The van der Waals surface area contributed by atoms with Crippen LogP contribution >= 0.6 is 0 Å². The number of nitrogen functional groups attached to an aromatic ring is 2. The number of anilines is 1. The molecule has 6 heteroatoms. The summed E-state index contributed by atoms with van der Waals surface area (Å²) in [6, 6.07) is 0. The molecule has 68 valence electrons. The largest absolute Gasteiger partial charge is 0.366 e. The molecule has 1 heterocycles. The van der Waals surface area contributed by atoms with Gasteiger partial charge >= 0.3 is 0 Å². The van der Waals surface area contributed by atoms with Crippen molar-refractivity contribution >= 4 is 5.95 Å². The first kappa shape index (κ1) is 8.79. The summed E-state index contributed by atoms with van der Waals surface area (Å²) in [5.74, 6) is 6.38. The normalized spacial score (nSPS) is 11.9. The van der Waals surface area contributed by atoms with Gasteiger partial charge in [0.15, 0.2) is 5.82 Å². The SMILES string of the molecule is CC(C)(CN)c1nnc(N)n1N. The Morgan fingerprint density at radius 1 is 1.42 bits per heavy atom. The van der Waals surface area contributed by atoms with Crippen LogP contribution in [0, 0.1) is 0 Å². The fraction of sp³-hybridized carbons (Fsp3) is 0.667. The van der Waals surface area contributed by atoms with E-state index in [0.717, 1.165) is 0 Å². The topological polar surface area (TPSA) is 109 Å². The first-order chi connectivity index (χ1) is 5.49. The first-order valence-electron chi connectivity index (χ1n) is 3.65. The van der Waals surface area contributed by atoms with E-state index in [-0.39, 0.29) is 11.4 Å². The number of nitrogens with zero attached hydrogens (tertiary/aromatic N) is 3. The van der Waals surface area contributed by atoms with E-state index in [0.29, 0.717) is 12.4 Å². The van der Waals surface area contributed by atoms with Crippen LogP contribution in [0.2, 0.25) is 0 Å². The van der Waals surface area contributed by atoms with Crippen LogP contribution in [0.3, 0.4) is 0 Å². The Hall–Kier alpha value is -1.30. The highest BCUT2D eigenvalue weighted by atomic mass is 15.4. The third-order valence-electron chi connectivity index (χ3n) is 1.84. The standard InChI is InChI=1S/C6H14N6/c1-6(2,3-7)4-10-11-5(8)12(4)9/h3,7,9H2,1-2H3,(H2,8,11). The summed E-state index contributed by atoms with van der Waals surface area (Å²) in [5, 5.41) is 7.48. The minimum atomic E-state index is -0.292. The van der Waals surface area contributed by atoms with Crippen molar-refractivity contribution < 1.29 is 0 Å². The second-order valence-electron chi connectivity index (χ2n) is 3.34. The third-order valence-corrected chi connectivity index (χ3v) is 1.84. The van der Waals surface area contributed by atoms with Crippen LogP contribution < -0.4 is 17.3 Å². The van der Waals surface area contributed by atoms with Crippen LogP contribution in [0.15, 0.2) is 0 Å². The Morgan fingerprint density at radius 3 is 2.33 bits per heavy atom. The first-order valence-corrected chi connectivity index (χ1v) is 3.65. The predicted octanol–water partition coefficient (Wildman–Crippen LogP) is -1.19. The van der Waals surface area contributed by atoms with Gasteiger partial charge in [-0.25, -0.2) is 4.68 Å². The second-order valence-corrected chi connectivity index (χ2v) is 3.34. The maximum Gasteiger partial charge on any atom is 0.240 e. The quantitative estimate of drug-likeness (QED) is 0.483. The van der Waals surface area contributed by atoms with Gasteiger partial charge in [0.05, 0.1) is 0 Å². The van der Waals surface area contributed by atoms with Crippen LogP contribution in [0.25, 0.3) is 0 Å². The van der Waals surface area contributed by atoms with Gasteiger partial charge in [-0.3, -0.25) is 0 Å². The highest BCUT2D eigenvalue weighted by Gasteiger charge is 2.25. The molecular formula is C6H14N6. The molecule has 0 saturated heterocycles. The number of aromatic nitrogens is 3. The summed E-state index contributed by atoms with van der Waals surface area (Å²) in [6.07, 6.45) is 0. The molecule has 0 spiro atoms. The Morgan fingerprint density at radius 2 is 2.00 bits per heavy atom. The van der Waals surface area contributed by atoms with E-state index in [4.69, 9.17) is 17.3 Å². The van der Waals surface area contributed by atoms with Gasteiger partial charge in [0.25, 0.3) is 0 Å². The number of hydrogen-bond acceptors (Lipinski definition) is 5. The molecule has 0 radical (unpaired) electrons. The van der Waals surface area contributed by atoms with E-state index in [9.17, 15) is 0 Å². The van der Waals surface area contributed by atoms with Crippen molar-refractivity contribution in [1.82, 2.24) is 14.9 Å². The van der Waals surface area contributed by atoms with Crippen LogP contribution in [0.1, 0.15) is 19.7 Å². The lowest BCUT2D eigenvalue weighted by Gasteiger charge is -2.20. The third kappa shape index (κ3) is 1.20. The maximum absolute atomic E-state index is 5.58. The Balaban J connectivity index is 3.11. The van der Waals surface area contributed by atoms with E-state index >= 15 is 0 Å². The molecule has 0 bridgehead atoms. The van der Waals surface area contributed by atoms with Crippen LogP contribution in [-0.4, -0.2) is 21.4 Å². The van der Waals surface area contributed by atoms with Crippen molar-refractivity contribution in [2.45, 2.75) is 19.3 Å². The van der Waals surface area contributed by atoms with Gasteiger partial charge in [-0.15, -0.1) is 10.2 Å². The van der Waals surface area contributed by atoms with Gasteiger partial charge in [0, 0.05) is 12.0 Å². The zero-order valence-electron chi connectivity index (χ0n) is 7.28. The van der Waals surface area contributed by atoms with E-state index < -0.39 is 0 Å². The summed E-state index contributed by atoms with van der Waals surface area (Å²) in [7, 11) is 0. The van der Waals surface area contributed by atoms with Gasteiger partial charge < -0.3 is 17.3 Å². The lowest BCUT2D eigenvalue weighted by atomic mass is 9.93. The van der Waals surface area contributed by atoms with Crippen molar-refractivity contribution in [2.75, 3.05) is 18.1 Å². The lowest BCUT2D eigenvalue weighted by molar-refractivity contribution is 0.489. The average Bonchev–Trinajstić information content (AvgIpc) is 2.33. The molecule has 0 saturated carbocycles. The predicted molar refractivity (Wildman–Crippen MR) is 46.7 cm³/mol. The van der Waals surface area contributed by atoms with Crippen molar-refractivity contribution in [3.05, 3.63) is 5.82 Å². The molecule has 6 N–H and O–H groups in total. The van der Waals surface area contributed by atoms with Gasteiger partial charge in [0.2, 0.25) is 5.95 Å². The molecule has 0 aromatic carbocycles. The Kier molecular flexibility index (Phi) is 1.93. The summed E-state index contributed by atoms with van der Waals surface area (Å²) in [4.78, 5) is 0. The number of rotatable bonds is 2. The smallest absolute Gasteiger partial charge is 0.240 e. The van der Waals surface area contributed by atoms with Gasteiger partial charge in [-0.2, -0.15) is 0 Å². The zero-order chi connectivity index (χ0) is 9.35. The summed E-state index contributed by atoms with van der Waals surface area (Å²) < 4.78 is 1.26. The molecular weight excluding hydrogens is 156 g/mol. The Labute approximate surface area is 70.7 Å². The number of hydrogen-bond donors (Lipinski definition) is 3. The molecule has 1 aromatic heterocycles. The molecule has 0 amide bonds. The van der Waals surface area contributed by atoms with Gasteiger partial charge in [0.1, 0.15) is 0 Å². The number of nitrogens with two attached hydrogens (primary N) is 3. The molecule has 0 aliphatic rings. The molecule has 1 aromatic rings. The minimum absolute atomic E-state index is 0.200. The second kappa shape index (κ2) is 2.63. The molecule has 0 aliphatic heterocycles. The zero-order valence-corrected chi connectivity index (χ0v) is 7.28. The lowest BCUT2D eigenvalue weighted by Crippen LogP contribution is -2.34. The monoisotopic (exact) mass is 170 g/mol. The fourth-order valence-electron chi connectivity index (χ4n) is 0.856. The van der Waals surface area contributed by atoms with E-state index in [1.54, 1.807) is 0 Å².